The molecule has 1 unspecified atom stereocenters. The minimum Gasteiger partial charge on any atom is -0.383 e. The number of amides is 2. The summed E-state index contributed by atoms with van der Waals surface area (Å²) in [5.41, 5.74) is -1.33. The van der Waals surface area contributed by atoms with E-state index in [0.29, 0.717) is 11.7 Å². The van der Waals surface area contributed by atoms with E-state index in [2.05, 4.69) is 20.8 Å². The Bertz CT molecular complexity index is 644. The van der Waals surface area contributed by atoms with Crippen molar-refractivity contribution in [1.82, 2.24) is 20.8 Å². The summed E-state index contributed by atoms with van der Waals surface area (Å²) in [5, 5.41) is 21.3. The van der Waals surface area contributed by atoms with E-state index >= 15 is 0 Å². The van der Waals surface area contributed by atoms with E-state index in [9.17, 15) is 9.90 Å². The van der Waals surface area contributed by atoms with Crippen LogP contribution in [0.5, 0.6) is 0 Å². The second-order valence-corrected chi connectivity index (χ2v) is 7.50. The monoisotopic (exact) mass is 338 g/mol. The number of aromatic nitrogens is 2. The molecule has 1 atom stereocenters. The quantitative estimate of drug-likeness (QED) is 0.775. The SMILES string of the molecule is CC(C)(C)c1nc(CNC(=O)NCC(C)(O)c2cccs2)no1. The molecule has 8 heteroatoms. The van der Waals surface area contributed by atoms with Crippen molar-refractivity contribution in [1.29, 1.82) is 0 Å². The van der Waals surface area contributed by atoms with E-state index in [4.69, 9.17) is 4.52 Å². The number of carbonyl (C=O) groups is 1. The molecule has 0 fully saturated rings. The van der Waals surface area contributed by atoms with Crippen LogP contribution in [0.4, 0.5) is 4.79 Å². The van der Waals surface area contributed by atoms with Crippen molar-refractivity contribution in [3.05, 3.63) is 34.1 Å². The summed E-state index contributed by atoms with van der Waals surface area (Å²) in [6, 6.07) is 3.29. The molecule has 0 saturated carbocycles. The summed E-state index contributed by atoms with van der Waals surface area (Å²) >= 11 is 1.44. The number of rotatable bonds is 5. The van der Waals surface area contributed by atoms with Crippen molar-refractivity contribution in [3.8, 4) is 0 Å². The van der Waals surface area contributed by atoms with Gasteiger partial charge in [0.2, 0.25) is 5.89 Å². The maximum Gasteiger partial charge on any atom is 0.315 e. The minimum absolute atomic E-state index is 0.110. The van der Waals surface area contributed by atoms with Gasteiger partial charge in [0.1, 0.15) is 5.60 Å². The molecular weight excluding hydrogens is 316 g/mol. The Balaban J connectivity index is 1.80. The highest BCUT2D eigenvalue weighted by Gasteiger charge is 2.25. The van der Waals surface area contributed by atoms with Crippen molar-refractivity contribution in [2.45, 2.75) is 45.3 Å². The number of nitrogens with zero attached hydrogens (tertiary/aromatic N) is 2. The van der Waals surface area contributed by atoms with Crippen molar-refractivity contribution in [3.63, 3.8) is 0 Å². The predicted molar refractivity (Wildman–Crippen MR) is 87.1 cm³/mol. The topological polar surface area (TPSA) is 100 Å². The Morgan fingerprint density at radius 2 is 2.09 bits per heavy atom. The van der Waals surface area contributed by atoms with Gasteiger partial charge < -0.3 is 20.3 Å². The Hall–Kier alpha value is -1.93. The molecule has 2 aromatic heterocycles. The van der Waals surface area contributed by atoms with E-state index in [1.807, 2.05) is 38.3 Å². The average Bonchev–Trinajstić information content (AvgIpc) is 3.13. The first kappa shape index (κ1) is 17.4. The highest BCUT2D eigenvalue weighted by atomic mass is 32.1. The van der Waals surface area contributed by atoms with Crippen molar-refractivity contribution in [2.75, 3.05) is 6.54 Å². The summed E-state index contributed by atoms with van der Waals surface area (Å²) < 4.78 is 5.15. The zero-order chi connectivity index (χ0) is 17.1. The van der Waals surface area contributed by atoms with E-state index in [1.165, 1.54) is 11.3 Å². The van der Waals surface area contributed by atoms with Crippen molar-refractivity contribution in [2.24, 2.45) is 0 Å². The Labute approximate surface area is 139 Å². The number of nitrogens with one attached hydrogen (secondary N) is 2. The van der Waals surface area contributed by atoms with Crippen LogP contribution < -0.4 is 10.6 Å². The van der Waals surface area contributed by atoms with Gasteiger partial charge in [-0.25, -0.2) is 4.79 Å². The molecule has 23 heavy (non-hydrogen) atoms. The third-order valence-corrected chi connectivity index (χ3v) is 4.28. The molecule has 0 spiro atoms. The second kappa shape index (κ2) is 6.67. The summed E-state index contributed by atoms with van der Waals surface area (Å²) in [4.78, 5) is 16.9. The molecule has 2 aromatic rings. The Morgan fingerprint density at radius 3 is 2.65 bits per heavy atom. The van der Waals surface area contributed by atoms with Gasteiger partial charge in [0, 0.05) is 10.3 Å². The molecule has 2 heterocycles. The van der Waals surface area contributed by atoms with Gasteiger partial charge in [0.15, 0.2) is 5.82 Å². The molecule has 2 rings (SSSR count). The van der Waals surface area contributed by atoms with Crippen LogP contribution in [0.15, 0.2) is 22.0 Å². The lowest BCUT2D eigenvalue weighted by Crippen LogP contribution is -2.43. The summed E-state index contributed by atoms with van der Waals surface area (Å²) in [6.45, 7) is 7.84. The van der Waals surface area contributed by atoms with Crippen LogP contribution in [-0.4, -0.2) is 27.8 Å². The third-order valence-electron chi connectivity index (χ3n) is 3.16. The van der Waals surface area contributed by atoms with Gasteiger partial charge >= 0.3 is 6.03 Å². The average molecular weight is 338 g/mol. The first-order valence-corrected chi connectivity index (χ1v) is 8.17. The number of hydrogen-bond acceptors (Lipinski definition) is 6. The third kappa shape index (κ3) is 4.77. The lowest BCUT2D eigenvalue weighted by Gasteiger charge is -2.22. The van der Waals surface area contributed by atoms with Gasteiger partial charge in [-0.15, -0.1) is 11.3 Å². The summed E-state index contributed by atoms with van der Waals surface area (Å²) in [7, 11) is 0. The Kier molecular flexibility index (Phi) is 5.06. The Morgan fingerprint density at radius 1 is 1.35 bits per heavy atom. The van der Waals surface area contributed by atoms with Gasteiger partial charge in [0.05, 0.1) is 13.1 Å². The van der Waals surface area contributed by atoms with Gasteiger partial charge in [-0.1, -0.05) is 32.0 Å². The summed E-state index contributed by atoms with van der Waals surface area (Å²) in [6.07, 6.45) is 0. The highest BCUT2D eigenvalue weighted by molar-refractivity contribution is 7.10. The van der Waals surface area contributed by atoms with Crippen LogP contribution in [0.3, 0.4) is 0 Å². The largest absolute Gasteiger partial charge is 0.383 e. The van der Waals surface area contributed by atoms with Gasteiger partial charge in [-0.2, -0.15) is 4.98 Å². The number of hydrogen-bond donors (Lipinski definition) is 3. The fourth-order valence-electron chi connectivity index (χ4n) is 1.78. The fraction of sp³-hybridized carbons (Fsp3) is 0.533. The fourth-order valence-corrected chi connectivity index (χ4v) is 2.56. The van der Waals surface area contributed by atoms with Crippen LogP contribution in [0.2, 0.25) is 0 Å². The lowest BCUT2D eigenvalue weighted by molar-refractivity contribution is 0.0631. The maximum atomic E-state index is 11.8. The minimum atomic E-state index is -1.10. The van der Waals surface area contributed by atoms with Crippen LogP contribution in [0.1, 0.15) is 44.3 Å². The van der Waals surface area contributed by atoms with E-state index in [1.54, 1.807) is 6.92 Å². The van der Waals surface area contributed by atoms with Crippen LogP contribution >= 0.6 is 11.3 Å². The van der Waals surface area contributed by atoms with Gasteiger partial charge in [0.25, 0.3) is 0 Å². The second-order valence-electron chi connectivity index (χ2n) is 6.55. The lowest BCUT2D eigenvalue weighted by atomic mass is 9.97. The maximum absolute atomic E-state index is 11.8. The van der Waals surface area contributed by atoms with Gasteiger partial charge in [-0.05, 0) is 18.4 Å². The molecule has 0 aliphatic carbocycles. The molecule has 126 valence electrons. The van der Waals surface area contributed by atoms with Crippen LogP contribution in [-0.2, 0) is 17.6 Å². The molecular formula is C15H22N4O3S. The van der Waals surface area contributed by atoms with Gasteiger partial charge in [-0.3, -0.25) is 0 Å². The predicted octanol–water partition coefficient (Wildman–Crippen LogP) is 2.14. The zero-order valence-corrected chi connectivity index (χ0v) is 14.5. The molecule has 3 N–H and O–H groups in total. The van der Waals surface area contributed by atoms with E-state index in [-0.39, 0.29) is 18.5 Å². The molecule has 2 amide bonds. The molecule has 0 aliphatic rings. The van der Waals surface area contributed by atoms with Crippen LogP contribution in [0.25, 0.3) is 0 Å². The van der Waals surface area contributed by atoms with Crippen LogP contribution in [0, 0.1) is 0 Å². The zero-order valence-electron chi connectivity index (χ0n) is 13.7. The number of urea groups is 1. The smallest absolute Gasteiger partial charge is 0.315 e. The highest BCUT2D eigenvalue weighted by Crippen LogP contribution is 2.24. The van der Waals surface area contributed by atoms with E-state index < -0.39 is 11.6 Å². The first-order valence-electron chi connectivity index (χ1n) is 7.29. The van der Waals surface area contributed by atoms with Crippen molar-refractivity contribution >= 4 is 17.4 Å². The molecule has 0 aliphatic heterocycles. The molecule has 0 aromatic carbocycles. The van der Waals surface area contributed by atoms with Crippen molar-refractivity contribution < 1.29 is 14.4 Å². The van der Waals surface area contributed by atoms with E-state index in [0.717, 1.165) is 4.88 Å². The number of thiophene rings is 1. The standard InChI is InChI=1S/C15H22N4O3S/c1-14(2,3)12-18-11(19-22-12)8-16-13(20)17-9-15(4,21)10-6-5-7-23-10/h5-7,21H,8-9H2,1-4H3,(H2,16,17,20). The normalized spacial score (nSPS) is 14.3. The summed E-state index contributed by atoms with van der Waals surface area (Å²) in [5.74, 6) is 0.936. The molecule has 0 bridgehead atoms. The molecule has 0 saturated heterocycles. The first-order chi connectivity index (χ1) is 10.7. The number of aliphatic hydroxyl groups is 1. The molecule has 7 nitrogen and oxygen atoms in total. The number of carbonyl (C=O) groups excluding carboxylic acids is 1. The molecule has 0 radical (unpaired) electrons.